The number of methoxy groups -OCH3 is 1. The standard InChI is InChI=1S/C27H19F3N2O5/c1-36-17-11-9-15(10-12-17)23-22(24(33)20-14-31-21-8-3-2-7-19(20)21)25(34)26(35)32(23)16-5-4-6-18(13-16)37-27(28,29)30/h2-14,23,31,33H,1H3/b24-22-. The molecule has 1 aromatic heterocycles. The van der Waals surface area contributed by atoms with Crippen molar-refractivity contribution in [2.75, 3.05) is 12.0 Å². The van der Waals surface area contributed by atoms with Crippen molar-refractivity contribution in [3.8, 4) is 11.5 Å². The minimum atomic E-state index is -4.95. The highest BCUT2D eigenvalue weighted by atomic mass is 19.4. The number of carbonyl (C=O) groups is 2. The molecule has 0 saturated carbocycles. The Kier molecular flexibility index (Phi) is 5.87. The molecule has 3 aromatic carbocycles. The molecule has 37 heavy (non-hydrogen) atoms. The van der Waals surface area contributed by atoms with E-state index >= 15 is 0 Å². The number of H-pyrrole nitrogens is 1. The van der Waals surface area contributed by atoms with Gasteiger partial charge in [0, 0.05) is 34.4 Å². The maximum atomic E-state index is 13.3. The molecule has 1 aliphatic heterocycles. The molecule has 2 heterocycles. The molecule has 1 fully saturated rings. The van der Waals surface area contributed by atoms with Crippen molar-refractivity contribution in [2.45, 2.75) is 12.4 Å². The van der Waals surface area contributed by atoms with Crippen molar-refractivity contribution < 1.29 is 37.3 Å². The number of aromatic amines is 1. The molecule has 2 N–H and O–H groups in total. The maximum Gasteiger partial charge on any atom is 0.573 e. The molecule has 1 aliphatic rings. The lowest BCUT2D eigenvalue weighted by Crippen LogP contribution is -2.29. The average Bonchev–Trinajstić information content (AvgIpc) is 3.42. The Morgan fingerprint density at radius 2 is 1.70 bits per heavy atom. The van der Waals surface area contributed by atoms with Crippen molar-refractivity contribution in [1.82, 2.24) is 4.98 Å². The van der Waals surface area contributed by atoms with Gasteiger partial charge in [-0.1, -0.05) is 36.4 Å². The molecule has 4 aromatic rings. The highest BCUT2D eigenvalue weighted by molar-refractivity contribution is 6.51. The number of Topliss-reactive ketones (excluding diaryl/α,β-unsaturated/α-hetero) is 1. The number of nitrogens with one attached hydrogen (secondary N) is 1. The summed E-state index contributed by atoms with van der Waals surface area (Å²) in [5, 5.41) is 12.0. The summed E-state index contributed by atoms with van der Waals surface area (Å²) in [6, 6.07) is 17.2. The quantitative estimate of drug-likeness (QED) is 0.205. The van der Waals surface area contributed by atoms with E-state index < -0.39 is 35.6 Å². The topological polar surface area (TPSA) is 91.9 Å². The monoisotopic (exact) mass is 508 g/mol. The Hall–Kier alpha value is -4.73. The molecule has 0 spiro atoms. The van der Waals surface area contributed by atoms with Gasteiger partial charge >= 0.3 is 6.36 Å². The van der Waals surface area contributed by atoms with Crippen LogP contribution in [0.4, 0.5) is 18.9 Å². The number of aromatic nitrogens is 1. The molecule has 188 valence electrons. The molecule has 1 unspecified atom stereocenters. The minimum absolute atomic E-state index is 0.0114. The van der Waals surface area contributed by atoms with Crippen molar-refractivity contribution in [3.63, 3.8) is 0 Å². The van der Waals surface area contributed by atoms with Gasteiger partial charge in [0.1, 0.15) is 17.3 Å². The number of aliphatic hydroxyl groups excluding tert-OH is 1. The number of ketones is 1. The third-order valence-electron chi connectivity index (χ3n) is 6.05. The van der Waals surface area contributed by atoms with E-state index in [0.717, 1.165) is 17.0 Å². The summed E-state index contributed by atoms with van der Waals surface area (Å²) in [5.74, 6) is -2.45. The van der Waals surface area contributed by atoms with Gasteiger partial charge in [-0.3, -0.25) is 14.5 Å². The highest BCUT2D eigenvalue weighted by Gasteiger charge is 2.47. The first-order valence-electron chi connectivity index (χ1n) is 11.0. The van der Waals surface area contributed by atoms with E-state index in [9.17, 15) is 27.9 Å². The number of carbonyl (C=O) groups excluding carboxylic acids is 2. The molecular weight excluding hydrogens is 489 g/mol. The Balaban J connectivity index is 1.70. The van der Waals surface area contributed by atoms with Gasteiger partial charge in [-0.25, -0.2) is 0 Å². The van der Waals surface area contributed by atoms with Gasteiger partial charge in [-0.15, -0.1) is 13.2 Å². The molecule has 10 heteroatoms. The third kappa shape index (κ3) is 4.37. The van der Waals surface area contributed by atoms with Gasteiger partial charge in [0.25, 0.3) is 11.7 Å². The smallest absolute Gasteiger partial charge is 0.507 e. The second kappa shape index (κ2) is 9.05. The summed E-state index contributed by atoms with van der Waals surface area (Å²) in [6.45, 7) is 0. The summed E-state index contributed by atoms with van der Waals surface area (Å²) >= 11 is 0. The van der Waals surface area contributed by atoms with Crippen LogP contribution in [0.15, 0.2) is 84.6 Å². The van der Waals surface area contributed by atoms with E-state index in [-0.39, 0.29) is 11.3 Å². The highest BCUT2D eigenvalue weighted by Crippen LogP contribution is 2.44. The maximum absolute atomic E-state index is 13.3. The number of rotatable bonds is 5. The van der Waals surface area contributed by atoms with Crippen LogP contribution >= 0.6 is 0 Å². The zero-order valence-electron chi connectivity index (χ0n) is 19.2. The van der Waals surface area contributed by atoms with E-state index in [2.05, 4.69) is 9.72 Å². The number of anilines is 1. The minimum Gasteiger partial charge on any atom is -0.507 e. The number of alkyl halides is 3. The lowest BCUT2D eigenvalue weighted by molar-refractivity contribution is -0.274. The number of halogens is 3. The lowest BCUT2D eigenvalue weighted by Gasteiger charge is -2.26. The molecule has 7 nitrogen and oxygen atoms in total. The summed E-state index contributed by atoms with van der Waals surface area (Å²) in [7, 11) is 1.48. The number of fused-ring (bicyclic) bond motifs is 1. The summed E-state index contributed by atoms with van der Waals surface area (Å²) < 4.78 is 47.7. The largest absolute Gasteiger partial charge is 0.573 e. The zero-order valence-corrected chi connectivity index (χ0v) is 19.2. The first-order chi connectivity index (χ1) is 17.7. The van der Waals surface area contributed by atoms with Crippen LogP contribution in [0.5, 0.6) is 11.5 Å². The SMILES string of the molecule is COc1ccc(C2/C(=C(/O)c3c[nH]c4ccccc34)C(=O)C(=O)N2c2cccc(OC(F)(F)F)c2)cc1. The second-order valence-corrected chi connectivity index (χ2v) is 8.24. The van der Waals surface area contributed by atoms with E-state index in [1.165, 1.54) is 25.4 Å². The fourth-order valence-corrected chi connectivity index (χ4v) is 4.44. The van der Waals surface area contributed by atoms with E-state index in [1.54, 1.807) is 48.5 Å². The molecule has 0 radical (unpaired) electrons. The fourth-order valence-electron chi connectivity index (χ4n) is 4.44. The van der Waals surface area contributed by atoms with Crippen LogP contribution in [-0.2, 0) is 9.59 Å². The summed E-state index contributed by atoms with van der Waals surface area (Å²) in [5.41, 5.74) is 1.23. The van der Waals surface area contributed by atoms with Crippen LogP contribution in [0.1, 0.15) is 17.2 Å². The normalized spacial score (nSPS) is 17.4. The van der Waals surface area contributed by atoms with Crippen molar-refractivity contribution in [2.24, 2.45) is 0 Å². The second-order valence-electron chi connectivity index (χ2n) is 8.24. The first kappa shape index (κ1) is 24.0. The molecule has 1 atom stereocenters. The number of para-hydroxylation sites is 1. The average molecular weight is 508 g/mol. The van der Waals surface area contributed by atoms with Crippen molar-refractivity contribution in [3.05, 3.63) is 95.7 Å². The number of ether oxygens (including phenoxy) is 2. The predicted molar refractivity (Wildman–Crippen MR) is 129 cm³/mol. The van der Waals surface area contributed by atoms with Crippen LogP contribution in [0.25, 0.3) is 16.7 Å². The van der Waals surface area contributed by atoms with Gasteiger partial charge in [-0.05, 0) is 35.9 Å². The molecule has 1 amide bonds. The van der Waals surface area contributed by atoms with Crippen LogP contribution < -0.4 is 14.4 Å². The van der Waals surface area contributed by atoms with Gasteiger partial charge in [0.15, 0.2) is 0 Å². The molecule has 0 aliphatic carbocycles. The number of nitrogens with zero attached hydrogens (tertiary/aromatic N) is 1. The van der Waals surface area contributed by atoms with Crippen LogP contribution in [0.3, 0.4) is 0 Å². The van der Waals surface area contributed by atoms with Crippen LogP contribution in [-0.4, -0.2) is 35.3 Å². The number of amides is 1. The van der Waals surface area contributed by atoms with Crippen LogP contribution in [0, 0.1) is 0 Å². The van der Waals surface area contributed by atoms with Crippen LogP contribution in [0.2, 0.25) is 0 Å². The van der Waals surface area contributed by atoms with Gasteiger partial charge in [0.05, 0.1) is 18.7 Å². The number of benzene rings is 3. The van der Waals surface area contributed by atoms with Crippen molar-refractivity contribution >= 4 is 34.0 Å². The predicted octanol–water partition coefficient (Wildman–Crippen LogP) is 5.70. The Bertz CT molecular complexity index is 1540. The third-order valence-corrected chi connectivity index (χ3v) is 6.05. The number of hydrogen-bond donors (Lipinski definition) is 2. The summed E-state index contributed by atoms with van der Waals surface area (Å²) in [6.07, 6.45) is -3.42. The molecule has 0 bridgehead atoms. The Labute approximate surface area is 208 Å². The number of hydrogen-bond acceptors (Lipinski definition) is 5. The van der Waals surface area contributed by atoms with Gasteiger partial charge < -0.3 is 19.6 Å². The van der Waals surface area contributed by atoms with Gasteiger partial charge in [-0.2, -0.15) is 0 Å². The van der Waals surface area contributed by atoms with E-state index in [0.29, 0.717) is 27.8 Å². The van der Waals surface area contributed by atoms with Gasteiger partial charge in [0.2, 0.25) is 0 Å². The van der Waals surface area contributed by atoms with E-state index in [1.807, 2.05) is 0 Å². The first-order valence-corrected chi connectivity index (χ1v) is 11.0. The Morgan fingerprint density at radius 1 is 0.973 bits per heavy atom. The van der Waals surface area contributed by atoms with Crippen molar-refractivity contribution in [1.29, 1.82) is 0 Å². The molecule has 5 rings (SSSR count). The fraction of sp³-hybridized carbons (Fsp3) is 0.111. The zero-order chi connectivity index (χ0) is 26.3. The molecular formula is C27H19F3N2O5. The number of aliphatic hydroxyl groups is 1. The molecule has 1 saturated heterocycles. The summed E-state index contributed by atoms with van der Waals surface area (Å²) in [4.78, 5) is 30.7. The lowest BCUT2D eigenvalue weighted by atomic mass is 9.95. The Morgan fingerprint density at radius 3 is 2.41 bits per heavy atom. The van der Waals surface area contributed by atoms with E-state index in [4.69, 9.17) is 4.74 Å².